The summed E-state index contributed by atoms with van der Waals surface area (Å²) in [5.41, 5.74) is 2.82. The quantitative estimate of drug-likeness (QED) is 0.497. The number of hydrogen-bond acceptors (Lipinski definition) is 4. The van der Waals surface area contributed by atoms with Gasteiger partial charge in [-0.25, -0.2) is 8.42 Å². The zero-order valence-electron chi connectivity index (χ0n) is 17.4. The highest BCUT2D eigenvalue weighted by Gasteiger charge is 2.27. The summed E-state index contributed by atoms with van der Waals surface area (Å²) >= 11 is 3.42. The van der Waals surface area contributed by atoms with E-state index in [4.69, 9.17) is 4.74 Å². The van der Waals surface area contributed by atoms with Gasteiger partial charge < -0.3 is 10.1 Å². The van der Waals surface area contributed by atoms with Gasteiger partial charge in [0.15, 0.2) is 0 Å². The van der Waals surface area contributed by atoms with Gasteiger partial charge in [-0.05, 0) is 61.9 Å². The van der Waals surface area contributed by atoms with Crippen molar-refractivity contribution in [1.29, 1.82) is 0 Å². The number of nitrogens with one attached hydrogen (secondary N) is 1. The lowest BCUT2D eigenvalue weighted by atomic mass is 10.2. The lowest BCUT2D eigenvalue weighted by molar-refractivity contribution is -0.114. The Balaban J connectivity index is 1.96. The molecular formula is C23H23BrN2O4S. The molecule has 0 atom stereocenters. The molecule has 0 unspecified atom stereocenters. The summed E-state index contributed by atoms with van der Waals surface area (Å²) in [6.07, 6.45) is 0. The molecule has 1 N–H and O–H groups in total. The summed E-state index contributed by atoms with van der Waals surface area (Å²) in [7, 11) is -2.49. The Morgan fingerprint density at radius 2 is 1.74 bits per heavy atom. The monoisotopic (exact) mass is 502 g/mol. The predicted molar refractivity (Wildman–Crippen MR) is 126 cm³/mol. The van der Waals surface area contributed by atoms with Gasteiger partial charge in [0.1, 0.15) is 12.3 Å². The fourth-order valence-electron chi connectivity index (χ4n) is 2.97. The number of rotatable bonds is 7. The first kappa shape index (κ1) is 22.8. The minimum Gasteiger partial charge on any atom is -0.497 e. The number of nitrogens with zero attached hydrogens (tertiary/aromatic N) is 1. The number of benzene rings is 3. The highest BCUT2D eigenvalue weighted by Crippen LogP contribution is 2.27. The Hall–Kier alpha value is -2.84. The molecule has 0 spiro atoms. The summed E-state index contributed by atoms with van der Waals surface area (Å²) in [4.78, 5) is 12.9. The van der Waals surface area contributed by atoms with Crippen LogP contribution in [0.25, 0.3) is 0 Å². The Morgan fingerprint density at radius 3 is 2.39 bits per heavy atom. The molecule has 0 radical (unpaired) electrons. The van der Waals surface area contributed by atoms with E-state index in [9.17, 15) is 13.2 Å². The van der Waals surface area contributed by atoms with Crippen LogP contribution < -0.4 is 14.4 Å². The van der Waals surface area contributed by atoms with E-state index in [2.05, 4.69) is 21.2 Å². The van der Waals surface area contributed by atoms with Crippen molar-refractivity contribution in [2.75, 3.05) is 23.3 Å². The van der Waals surface area contributed by atoms with Gasteiger partial charge in [0, 0.05) is 16.2 Å². The van der Waals surface area contributed by atoms with Crippen molar-refractivity contribution in [1.82, 2.24) is 0 Å². The zero-order valence-corrected chi connectivity index (χ0v) is 19.8. The van der Waals surface area contributed by atoms with Gasteiger partial charge in [-0.2, -0.15) is 0 Å². The fraction of sp³-hybridized carbons (Fsp3) is 0.174. The van der Waals surface area contributed by atoms with Gasteiger partial charge in [-0.15, -0.1) is 0 Å². The molecule has 3 rings (SSSR count). The highest BCUT2D eigenvalue weighted by molar-refractivity contribution is 9.10. The van der Waals surface area contributed by atoms with E-state index >= 15 is 0 Å². The standard InChI is InChI=1S/C23H23BrN2O4S/c1-16-7-10-21(11-8-16)31(28,29)26(19-5-4-6-20(14-19)30-3)15-23(27)25-18-9-12-22(24)17(2)13-18/h4-14H,15H2,1-3H3,(H,25,27). The van der Waals surface area contributed by atoms with Crippen LogP contribution in [-0.2, 0) is 14.8 Å². The summed E-state index contributed by atoms with van der Waals surface area (Å²) in [5, 5.41) is 2.77. The highest BCUT2D eigenvalue weighted by atomic mass is 79.9. The SMILES string of the molecule is COc1cccc(N(CC(=O)Nc2ccc(Br)c(C)c2)S(=O)(=O)c2ccc(C)cc2)c1. The third-order valence-electron chi connectivity index (χ3n) is 4.68. The van der Waals surface area contributed by atoms with E-state index in [1.807, 2.05) is 26.0 Å². The lowest BCUT2D eigenvalue weighted by Gasteiger charge is -2.24. The van der Waals surface area contributed by atoms with Gasteiger partial charge in [-0.1, -0.05) is 39.7 Å². The Labute approximate surface area is 191 Å². The van der Waals surface area contributed by atoms with E-state index < -0.39 is 22.5 Å². The van der Waals surface area contributed by atoms with Crippen LogP contribution in [0.15, 0.2) is 76.1 Å². The number of sulfonamides is 1. The molecule has 0 saturated carbocycles. The van der Waals surface area contributed by atoms with Crippen molar-refractivity contribution in [3.63, 3.8) is 0 Å². The van der Waals surface area contributed by atoms with Crippen LogP contribution in [0.2, 0.25) is 0 Å². The molecule has 1 amide bonds. The summed E-state index contributed by atoms with van der Waals surface area (Å²) in [6, 6.07) is 18.5. The maximum Gasteiger partial charge on any atom is 0.264 e. The van der Waals surface area contributed by atoms with Crippen molar-refractivity contribution in [2.24, 2.45) is 0 Å². The number of ether oxygens (including phenoxy) is 1. The van der Waals surface area contributed by atoms with Gasteiger partial charge in [0.05, 0.1) is 17.7 Å². The Kier molecular flexibility index (Phi) is 7.02. The molecule has 6 nitrogen and oxygen atoms in total. The second-order valence-electron chi connectivity index (χ2n) is 7.04. The zero-order chi connectivity index (χ0) is 22.6. The fourth-order valence-corrected chi connectivity index (χ4v) is 4.63. The molecule has 0 saturated heterocycles. The molecule has 0 aliphatic carbocycles. The van der Waals surface area contributed by atoms with E-state index in [-0.39, 0.29) is 4.90 Å². The predicted octanol–water partition coefficient (Wildman–Crippen LogP) is 4.91. The topological polar surface area (TPSA) is 75.7 Å². The number of carbonyl (C=O) groups is 1. The van der Waals surface area contributed by atoms with Gasteiger partial charge in [0.2, 0.25) is 5.91 Å². The molecule has 0 aliphatic rings. The lowest BCUT2D eigenvalue weighted by Crippen LogP contribution is -2.38. The summed E-state index contributed by atoms with van der Waals surface area (Å²) < 4.78 is 34.1. The van der Waals surface area contributed by atoms with Crippen LogP contribution in [0.5, 0.6) is 5.75 Å². The first-order chi connectivity index (χ1) is 14.7. The van der Waals surface area contributed by atoms with Crippen molar-refractivity contribution in [3.05, 3.63) is 82.3 Å². The van der Waals surface area contributed by atoms with Crippen molar-refractivity contribution in [2.45, 2.75) is 18.7 Å². The number of carbonyl (C=O) groups excluding carboxylic acids is 1. The van der Waals surface area contributed by atoms with Crippen molar-refractivity contribution < 1.29 is 17.9 Å². The minimum atomic E-state index is -3.99. The van der Waals surface area contributed by atoms with E-state index in [1.54, 1.807) is 42.5 Å². The molecule has 0 aromatic heterocycles. The van der Waals surface area contributed by atoms with Crippen LogP contribution in [0.4, 0.5) is 11.4 Å². The van der Waals surface area contributed by atoms with Gasteiger partial charge in [0.25, 0.3) is 10.0 Å². The molecule has 162 valence electrons. The van der Waals surface area contributed by atoms with E-state index in [0.29, 0.717) is 17.1 Å². The van der Waals surface area contributed by atoms with Crippen LogP contribution in [-0.4, -0.2) is 28.0 Å². The number of methoxy groups -OCH3 is 1. The number of halogens is 1. The number of aryl methyl sites for hydroxylation is 2. The molecule has 0 aliphatic heterocycles. The first-order valence-corrected chi connectivity index (χ1v) is 11.7. The van der Waals surface area contributed by atoms with Gasteiger partial charge >= 0.3 is 0 Å². The second kappa shape index (κ2) is 9.53. The molecule has 8 heteroatoms. The molecule has 0 heterocycles. The van der Waals surface area contributed by atoms with E-state index in [1.165, 1.54) is 19.2 Å². The maximum absolute atomic E-state index is 13.4. The third kappa shape index (κ3) is 5.45. The average Bonchev–Trinajstić information content (AvgIpc) is 2.75. The molecule has 0 bridgehead atoms. The molecule has 0 fully saturated rings. The smallest absolute Gasteiger partial charge is 0.264 e. The molecule has 31 heavy (non-hydrogen) atoms. The first-order valence-electron chi connectivity index (χ1n) is 9.50. The van der Waals surface area contributed by atoms with Crippen molar-refractivity contribution >= 4 is 43.2 Å². The number of hydrogen-bond donors (Lipinski definition) is 1. The minimum absolute atomic E-state index is 0.105. The average molecular weight is 503 g/mol. The number of amides is 1. The largest absolute Gasteiger partial charge is 0.497 e. The molecular weight excluding hydrogens is 480 g/mol. The normalized spacial score (nSPS) is 11.1. The number of anilines is 2. The summed E-state index contributed by atoms with van der Waals surface area (Å²) in [5.74, 6) is 0.0331. The van der Waals surface area contributed by atoms with Crippen molar-refractivity contribution in [3.8, 4) is 5.75 Å². The Morgan fingerprint density at radius 1 is 1.03 bits per heavy atom. The van der Waals surface area contributed by atoms with Crippen LogP contribution in [0.1, 0.15) is 11.1 Å². The van der Waals surface area contributed by atoms with E-state index in [0.717, 1.165) is 19.9 Å². The van der Waals surface area contributed by atoms with Gasteiger partial charge in [-0.3, -0.25) is 9.10 Å². The summed E-state index contributed by atoms with van der Waals surface area (Å²) in [6.45, 7) is 3.40. The Bertz CT molecular complexity index is 1190. The third-order valence-corrected chi connectivity index (χ3v) is 7.36. The second-order valence-corrected chi connectivity index (χ2v) is 9.75. The molecule has 3 aromatic rings. The maximum atomic E-state index is 13.4. The van der Waals surface area contributed by atoms with Crippen LogP contribution in [0, 0.1) is 13.8 Å². The molecule has 3 aromatic carbocycles. The van der Waals surface area contributed by atoms with Crippen LogP contribution in [0.3, 0.4) is 0 Å². The van der Waals surface area contributed by atoms with Crippen LogP contribution >= 0.6 is 15.9 Å².